The first-order valence-corrected chi connectivity index (χ1v) is 5.90. The van der Waals surface area contributed by atoms with Crippen LogP contribution < -0.4 is 4.74 Å². The van der Waals surface area contributed by atoms with Crippen molar-refractivity contribution < 1.29 is 13.9 Å². The zero-order chi connectivity index (χ0) is 13.1. The molecule has 2 aromatic rings. The summed E-state index contributed by atoms with van der Waals surface area (Å²) in [6.45, 7) is 0. The van der Waals surface area contributed by atoms with Crippen molar-refractivity contribution in [1.29, 1.82) is 0 Å². The van der Waals surface area contributed by atoms with Crippen LogP contribution in [0.25, 0.3) is 0 Å². The molecule has 0 saturated heterocycles. The van der Waals surface area contributed by atoms with E-state index in [9.17, 15) is 9.18 Å². The highest BCUT2D eigenvalue weighted by atomic mass is 79.9. The first-order valence-electron chi connectivity index (χ1n) is 5.10. The van der Waals surface area contributed by atoms with Crippen LogP contribution in [0, 0.1) is 5.82 Å². The van der Waals surface area contributed by atoms with Crippen LogP contribution in [0.4, 0.5) is 4.39 Å². The van der Waals surface area contributed by atoms with Crippen molar-refractivity contribution >= 4 is 21.7 Å². The number of pyridine rings is 1. The molecule has 0 spiro atoms. The molecular weight excluding hydrogens is 301 g/mol. The maximum atomic E-state index is 13.4. The topological polar surface area (TPSA) is 39.2 Å². The molecule has 5 heteroatoms. The summed E-state index contributed by atoms with van der Waals surface area (Å²) >= 11 is 3.04. The molecular formula is C13H9BrFNO2. The van der Waals surface area contributed by atoms with E-state index in [0.717, 1.165) is 0 Å². The van der Waals surface area contributed by atoms with Crippen molar-refractivity contribution in [2.24, 2.45) is 0 Å². The largest absolute Gasteiger partial charge is 0.495 e. The molecule has 1 heterocycles. The summed E-state index contributed by atoms with van der Waals surface area (Å²) in [6, 6.07) is 5.80. The lowest BCUT2D eigenvalue weighted by Gasteiger charge is -2.04. The van der Waals surface area contributed by atoms with Crippen molar-refractivity contribution in [2.75, 3.05) is 7.11 Å². The molecule has 0 aliphatic carbocycles. The molecule has 0 unspecified atom stereocenters. The predicted molar refractivity (Wildman–Crippen MR) is 68.3 cm³/mol. The molecule has 0 aliphatic heterocycles. The van der Waals surface area contributed by atoms with E-state index in [1.54, 1.807) is 12.1 Å². The molecule has 0 atom stereocenters. The van der Waals surface area contributed by atoms with Gasteiger partial charge in [0.1, 0.15) is 11.6 Å². The van der Waals surface area contributed by atoms with Gasteiger partial charge in [0.05, 0.1) is 17.8 Å². The van der Waals surface area contributed by atoms with Crippen molar-refractivity contribution in [3.8, 4) is 5.75 Å². The Bertz CT molecular complexity index is 601. The number of hydrogen-bond acceptors (Lipinski definition) is 3. The van der Waals surface area contributed by atoms with E-state index in [4.69, 9.17) is 4.74 Å². The highest BCUT2D eigenvalue weighted by Gasteiger charge is 2.12. The van der Waals surface area contributed by atoms with Crippen LogP contribution in [0.2, 0.25) is 0 Å². The number of benzene rings is 1. The molecule has 0 saturated carbocycles. The molecule has 0 bridgehead atoms. The molecule has 3 nitrogen and oxygen atoms in total. The third-order valence-electron chi connectivity index (χ3n) is 2.39. The number of methoxy groups -OCH3 is 1. The average Bonchev–Trinajstić information content (AvgIpc) is 2.41. The van der Waals surface area contributed by atoms with Gasteiger partial charge in [0.2, 0.25) is 0 Å². The molecule has 18 heavy (non-hydrogen) atoms. The lowest BCUT2D eigenvalue weighted by atomic mass is 10.1. The first kappa shape index (κ1) is 12.7. The van der Waals surface area contributed by atoms with Gasteiger partial charge in [0.15, 0.2) is 5.78 Å². The maximum Gasteiger partial charge on any atom is 0.194 e. The lowest BCUT2D eigenvalue weighted by Crippen LogP contribution is -2.03. The van der Waals surface area contributed by atoms with Gasteiger partial charge in [0.25, 0.3) is 0 Å². The number of aromatic nitrogens is 1. The monoisotopic (exact) mass is 309 g/mol. The minimum absolute atomic E-state index is 0.269. The number of carbonyl (C=O) groups excluding carboxylic acids is 1. The van der Waals surface area contributed by atoms with E-state index in [0.29, 0.717) is 15.8 Å². The van der Waals surface area contributed by atoms with Crippen LogP contribution in [-0.2, 0) is 0 Å². The summed E-state index contributed by atoms with van der Waals surface area (Å²) < 4.78 is 18.7. The van der Waals surface area contributed by atoms with E-state index in [-0.39, 0.29) is 11.3 Å². The van der Waals surface area contributed by atoms with Gasteiger partial charge < -0.3 is 4.74 Å². The standard InChI is InChI=1S/C13H9BrFNO2/c1-18-10-4-9(6-16-7-10)13(17)8-2-3-11(14)12(15)5-8/h2-7H,1H3. The second kappa shape index (κ2) is 5.27. The number of rotatable bonds is 3. The van der Waals surface area contributed by atoms with E-state index < -0.39 is 5.82 Å². The van der Waals surface area contributed by atoms with Crippen molar-refractivity contribution in [1.82, 2.24) is 4.98 Å². The van der Waals surface area contributed by atoms with Gasteiger partial charge in [-0.25, -0.2) is 4.39 Å². The zero-order valence-corrected chi connectivity index (χ0v) is 11.1. The van der Waals surface area contributed by atoms with E-state index in [2.05, 4.69) is 20.9 Å². The molecule has 0 radical (unpaired) electrons. The Morgan fingerprint density at radius 3 is 2.72 bits per heavy atom. The molecule has 0 amide bonds. The third kappa shape index (κ3) is 2.56. The van der Waals surface area contributed by atoms with Gasteiger partial charge >= 0.3 is 0 Å². The van der Waals surface area contributed by atoms with Gasteiger partial charge in [0, 0.05) is 17.3 Å². The van der Waals surface area contributed by atoms with Crippen LogP contribution in [-0.4, -0.2) is 17.9 Å². The molecule has 0 fully saturated rings. The van der Waals surface area contributed by atoms with Crippen molar-refractivity contribution in [3.63, 3.8) is 0 Å². The number of nitrogens with zero attached hydrogens (tertiary/aromatic N) is 1. The summed E-state index contributed by atoms with van der Waals surface area (Å²) in [5, 5.41) is 0. The Kier molecular flexibility index (Phi) is 3.72. The highest BCUT2D eigenvalue weighted by molar-refractivity contribution is 9.10. The number of ketones is 1. The predicted octanol–water partition coefficient (Wildman–Crippen LogP) is 3.22. The SMILES string of the molecule is COc1cncc(C(=O)c2ccc(Br)c(F)c2)c1. The Labute approximate surface area is 112 Å². The summed E-state index contributed by atoms with van der Waals surface area (Å²) in [5.41, 5.74) is 0.627. The van der Waals surface area contributed by atoms with Gasteiger partial charge in [-0.2, -0.15) is 0 Å². The quantitative estimate of drug-likeness (QED) is 0.817. The fraction of sp³-hybridized carbons (Fsp3) is 0.0769. The number of hydrogen-bond donors (Lipinski definition) is 0. The van der Waals surface area contributed by atoms with Crippen LogP contribution in [0.15, 0.2) is 41.1 Å². The zero-order valence-electron chi connectivity index (χ0n) is 9.48. The molecule has 2 rings (SSSR count). The van der Waals surface area contributed by atoms with Gasteiger partial charge in [-0.05, 0) is 40.2 Å². The van der Waals surface area contributed by atoms with E-state index in [1.165, 1.54) is 31.6 Å². The minimum atomic E-state index is -0.475. The van der Waals surface area contributed by atoms with E-state index in [1.807, 2.05) is 0 Å². The Morgan fingerprint density at radius 1 is 1.28 bits per heavy atom. The molecule has 0 N–H and O–H groups in total. The molecule has 0 aliphatic rings. The minimum Gasteiger partial charge on any atom is -0.495 e. The van der Waals surface area contributed by atoms with Crippen LogP contribution in [0.5, 0.6) is 5.75 Å². The smallest absolute Gasteiger partial charge is 0.194 e. The van der Waals surface area contributed by atoms with Gasteiger partial charge in [-0.3, -0.25) is 9.78 Å². The van der Waals surface area contributed by atoms with Crippen molar-refractivity contribution in [3.05, 3.63) is 58.1 Å². The summed E-state index contributed by atoms with van der Waals surface area (Å²) in [7, 11) is 1.49. The molecule has 1 aromatic heterocycles. The van der Waals surface area contributed by atoms with Gasteiger partial charge in [-0.15, -0.1) is 0 Å². The average molecular weight is 310 g/mol. The van der Waals surface area contributed by atoms with Gasteiger partial charge in [-0.1, -0.05) is 0 Å². The second-order valence-corrected chi connectivity index (χ2v) is 4.43. The summed E-state index contributed by atoms with van der Waals surface area (Å²) in [4.78, 5) is 16.0. The number of ether oxygens (including phenoxy) is 1. The lowest BCUT2D eigenvalue weighted by molar-refractivity contribution is 0.103. The maximum absolute atomic E-state index is 13.4. The Morgan fingerprint density at radius 2 is 2.06 bits per heavy atom. The number of halogens is 2. The summed E-state index contributed by atoms with van der Waals surface area (Å²) in [6.07, 6.45) is 2.92. The van der Waals surface area contributed by atoms with Crippen LogP contribution in [0.1, 0.15) is 15.9 Å². The van der Waals surface area contributed by atoms with Crippen molar-refractivity contribution in [2.45, 2.75) is 0 Å². The summed E-state index contributed by atoms with van der Waals surface area (Å²) in [5.74, 6) is -0.289. The Hall–Kier alpha value is -1.75. The third-order valence-corrected chi connectivity index (χ3v) is 3.04. The first-order chi connectivity index (χ1) is 8.61. The second-order valence-electron chi connectivity index (χ2n) is 3.57. The Balaban J connectivity index is 2.38. The fourth-order valence-corrected chi connectivity index (χ4v) is 1.71. The van der Waals surface area contributed by atoms with E-state index >= 15 is 0 Å². The van der Waals surface area contributed by atoms with Crippen LogP contribution in [0.3, 0.4) is 0 Å². The highest BCUT2D eigenvalue weighted by Crippen LogP contribution is 2.19. The van der Waals surface area contributed by atoms with Crippen LogP contribution >= 0.6 is 15.9 Å². The molecule has 1 aromatic carbocycles. The molecule has 92 valence electrons. The fourth-order valence-electron chi connectivity index (χ4n) is 1.46. The normalized spacial score (nSPS) is 10.2. The number of carbonyl (C=O) groups is 1.